The third-order valence-corrected chi connectivity index (χ3v) is 4.99. The third-order valence-electron chi connectivity index (χ3n) is 4.99. The molecule has 0 aliphatic rings. The quantitative estimate of drug-likeness (QED) is 0.362. The molecule has 172 valence electrons. The Morgan fingerprint density at radius 2 is 1.66 bits per heavy atom. The maximum Gasteiger partial charge on any atom is 0.344 e. The van der Waals surface area contributed by atoms with E-state index in [0.717, 1.165) is 16.7 Å². The molecule has 0 N–H and O–H groups in total. The van der Waals surface area contributed by atoms with E-state index in [-0.39, 0.29) is 18.6 Å². The van der Waals surface area contributed by atoms with Gasteiger partial charge in [-0.1, -0.05) is 30.3 Å². The Hall–Kier alpha value is -3.28. The van der Waals surface area contributed by atoms with Crippen molar-refractivity contribution in [2.75, 3.05) is 26.3 Å². The van der Waals surface area contributed by atoms with Crippen molar-refractivity contribution in [2.45, 2.75) is 40.7 Å². The average Bonchev–Trinajstić information content (AvgIpc) is 2.79. The summed E-state index contributed by atoms with van der Waals surface area (Å²) in [5.74, 6) is 0.557. The summed E-state index contributed by atoms with van der Waals surface area (Å²) < 4.78 is 16.8. The predicted octanol–water partition coefficient (Wildman–Crippen LogP) is 5.04. The molecule has 6 heteroatoms. The van der Waals surface area contributed by atoms with Crippen LogP contribution in [0.3, 0.4) is 0 Å². The summed E-state index contributed by atoms with van der Waals surface area (Å²) in [5, 5.41) is 0. The van der Waals surface area contributed by atoms with Crippen molar-refractivity contribution in [3.8, 4) is 11.5 Å². The molecule has 2 aromatic rings. The zero-order chi connectivity index (χ0) is 23.5. The highest BCUT2D eigenvalue weighted by atomic mass is 16.6. The number of carbonyl (C=O) groups is 2. The topological polar surface area (TPSA) is 65.1 Å². The van der Waals surface area contributed by atoms with Crippen LogP contribution in [-0.4, -0.2) is 43.1 Å². The number of likely N-dealkylation sites (N-methyl/N-ethyl adjacent to an activating group) is 1. The Morgan fingerprint density at radius 3 is 2.28 bits per heavy atom. The summed E-state index contributed by atoms with van der Waals surface area (Å²) >= 11 is 0. The van der Waals surface area contributed by atoms with E-state index in [9.17, 15) is 9.59 Å². The molecule has 1 amide bonds. The Bertz CT molecular complexity index is 919. The van der Waals surface area contributed by atoms with Gasteiger partial charge in [0.05, 0.1) is 6.61 Å². The van der Waals surface area contributed by atoms with Gasteiger partial charge in [-0.15, -0.1) is 0 Å². The highest BCUT2D eigenvalue weighted by Crippen LogP contribution is 2.30. The van der Waals surface area contributed by atoms with Gasteiger partial charge in [-0.3, -0.25) is 4.79 Å². The Morgan fingerprint density at radius 1 is 1.00 bits per heavy atom. The number of hydrogen-bond donors (Lipinski definition) is 0. The lowest BCUT2D eigenvalue weighted by atomic mass is 10.1. The SMILES string of the molecule is CCOC(=O)COc1cc(OC(C)c2ccccc2)cc(/C(C)=C/C(=O)N(CC)CC)c1. The van der Waals surface area contributed by atoms with Gasteiger partial charge >= 0.3 is 5.97 Å². The molecule has 0 fully saturated rings. The van der Waals surface area contributed by atoms with Crippen molar-refractivity contribution in [1.82, 2.24) is 4.90 Å². The summed E-state index contributed by atoms with van der Waals surface area (Å²) in [5.41, 5.74) is 2.60. The molecule has 32 heavy (non-hydrogen) atoms. The highest BCUT2D eigenvalue weighted by Gasteiger charge is 2.13. The first-order valence-corrected chi connectivity index (χ1v) is 11.0. The van der Waals surface area contributed by atoms with Crippen LogP contribution >= 0.6 is 0 Å². The number of amides is 1. The summed E-state index contributed by atoms with van der Waals surface area (Å²) in [6, 6.07) is 15.3. The van der Waals surface area contributed by atoms with Crippen molar-refractivity contribution >= 4 is 17.4 Å². The Kier molecular flexibility index (Phi) is 9.79. The summed E-state index contributed by atoms with van der Waals surface area (Å²) in [4.78, 5) is 26.0. The molecule has 2 aromatic carbocycles. The minimum Gasteiger partial charge on any atom is -0.486 e. The van der Waals surface area contributed by atoms with Gasteiger partial charge in [0.25, 0.3) is 0 Å². The van der Waals surface area contributed by atoms with E-state index in [1.54, 1.807) is 30.0 Å². The highest BCUT2D eigenvalue weighted by molar-refractivity contribution is 5.95. The molecule has 0 saturated heterocycles. The van der Waals surface area contributed by atoms with Crippen molar-refractivity contribution in [3.05, 3.63) is 65.7 Å². The molecule has 2 rings (SSSR count). The molecule has 0 aromatic heterocycles. The standard InChI is InChI=1S/C26H33NO5/c1-6-27(7-2)25(28)14-19(4)22-15-23(31-18-26(29)30-8-3)17-24(16-22)32-20(5)21-12-10-9-11-13-21/h9-17,20H,6-8,18H2,1-5H3/b19-14+. The van der Waals surface area contributed by atoms with Gasteiger partial charge in [-0.25, -0.2) is 4.79 Å². The van der Waals surface area contributed by atoms with Gasteiger partial charge in [0.1, 0.15) is 17.6 Å². The van der Waals surface area contributed by atoms with E-state index in [1.165, 1.54) is 0 Å². The lowest BCUT2D eigenvalue weighted by Gasteiger charge is -2.18. The Balaban J connectivity index is 2.32. The van der Waals surface area contributed by atoms with Gasteiger partial charge in [-0.2, -0.15) is 0 Å². The van der Waals surface area contributed by atoms with Crippen molar-refractivity contribution in [2.24, 2.45) is 0 Å². The van der Waals surface area contributed by atoms with Crippen molar-refractivity contribution in [3.63, 3.8) is 0 Å². The van der Waals surface area contributed by atoms with Crippen LogP contribution in [0.25, 0.3) is 5.57 Å². The molecule has 0 spiro atoms. The molecule has 1 unspecified atom stereocenters. The van der Waals surface area contributed by atoms with Crippen LogP contribution in [0.4, 0.5) is 0 Å². The smallest absolute Gasteiger partial charge is 0.344 e. The monoisotopic (exact) mass is 439 g/mol. The predicted molar refractivity (Wildman–Crippen MR) is 126 cm³/mol. The van der Waals surface area contributed by atoms with Gasteiger partial charge in [0, 0.05) is 25.2 Å². The molecular formula is C26H33NO5. The molecule has 0 radical (unpaired) electrons. The first-order chi connectivity index (χ1) is 15.4. The second kappa shape index (κ2) is 12.5. The summed E-state index contributed by atoms with van der Waals surface area (Å²) in [6.45, 7) is 10.9. The van der Waals surface area contributed by atoms with Crippen LogP contribution in [0.15, 0.2) is 54.6 Å². The van der Waals surface area contributed by atoms with Gasteiger partial charge < -0.3 is 19.1 Å². The molecule has 0 heterocycles. The van der Waals surface area contributed by atoms with E-state index in [1.807, 2.05) is 64.1 Å². The van der Waals surface area contributed by atoms with Crippen LogP contribution in [0.1, 0.15) is 51.8 Å². The lowest BCUT2D eigenvalue weighted by molar-refractivity contribution is -0.145. The first-order valence-electron chi connectivity index (χ1n) is 11.0. The molecule has 6 nitrogen and oxygen atoms in total. The molecule has 0 aliphatic heterocycles. The van der Waals surface area contributed by atoms with Crippen molar-refractivity contribution in [1.29, 1.82) is 0 Å². The first kappa shape index (κ1) is 25.0. The van der Waals surface area contributed by atoms with Gasteiger partial charge in [0.15, 0.2) is 6.61 Å². The lowest BCUT2D eigenvalue weighted by Crippen LogP contribution is -2.28. The second-order valence-electron chi connectivity index (χ2n) is 7.30. The fraction of sp³-hybridized carbons (Fsp3) is 0.385. The van der Waals surface area contributed by atoms with Gasteiger partial charge in [-0.05, 0) is 63.5 Å². The third kappa shape index (κ3) is 7.45. The number of benzene rings is 2. The van der Waals surface area contributed by atoms with Crippen LogP contribution in [0.2, 0.25) is 0 Å². The molecule has 1 atom stereocenters. The maximum absolute atomic E-state index is 12.5. The molecule has 0 saturated carbocycles. The number of ether oxygens (including phenoxy) is 3. The number of esters is 1. The Labute approximate surface area is 190 Å². The maximum atomic E-state index is 12.5. The van der Waals surface area contributed by atoms with E-state index >= 15 is 0 Å². The molecule has 0 bridgehead atoms. The van der Waals surface area contributed by atoms with Crippen molar-refractivity contribution < 1.29 is 23.8 Å². The zero-order valence-electron chi connectivity index (χ0n) is 19.6. The van der Waals surface area contributed by atoms with E-state index in [4.69, 9.17) is 14.2 Å². The number of carbonyl (C=O) groups excluding carboxylic acids is 2. The summed E-state index contributed by atoms with van der Waals surface area (Å²) in [6.07, 6.45) is 1.42. The van der Waals surface area contributed by atoms with Crippen LogP contribution in [0.5, 0.6) is 11.5 Å². The number of hydrogen-bond acceptors (Lipinski definition) is 5. The van der Waals surface area contributed by atoms with E-state index < -0.39 is 5.97 Å². The van der Waals surface area contributed by atoms with Crippen LogP contribution in [-0.2, 0) is 14.3 Å². The van der Waals surface area contributed by atoms with Crippen LogP contribution < -0.4 is 9.47 Å². The fourth-order valence-electron chi connectivity index (χ4n) is 3.19. The minimum absolute atomic E-state index is 0.0505. The van der Waals surface area contributed by atoms with E-state index in [2.05, 4.69) is 0 Å². The number of allylic oxidation sites excluding steroid dienone is 1. The zero-order valence-corrected chi connectivity index (χ0v) is 19.6. The largest absolute Gasteiger partial charge is 0.486 e. The normalized spacial score (nSPS) is 12.1. The van der Waals surface area contributed by atoms with Crippen LogP contribution in [0, 0.1) is 0 Å². The molecular weight excluding hydrogens is 406 g/mol. The number of nitrogens with zero attached hydrogens (tertiary/aromatic N) is 1. The van der Waals surface area contributed by atoms with E-state index in [0.29, 0.717) is 31.2 Å². The average molecular weight is 440 g/mol. The van der Waals surface area contributed by atoms with Gasteiger partial charge in [0.2, 0.25) is 5.91 Å². The molecule has 0 aliphatic carbocycles. The summed E-state index contributed by atoms with van der Waals surface area (Å²) in [7, 11) is 0. The number of rotatable bonds is 11. The second-order valence-corrected chi connectivity index (χ2v) is 7.30. The minimum atomic E-state index is -0.443. The fourth-order valence-corrected chi connectivity index (χ4v) is 3.19.